The summed E-state index contributed by atoms with van der Waals surface area (Å²) in [6, 6.07) is 4.24. The molecule has 0 atom stereocenters. The quantitative estimate of drug-likeness (QED) is 0.767. The van der Waals surface area contributed by atoms with E-state index in [0.29, 0.717) is 13.1 Å². The fourth-order valence-corrected chi connectivity index (χ4v) is 3.74. The highest BCUT2D eigenvalue weighted by Gasteiger charge is 2.42. The number of fused-ring (bicyclic) bond motifs is 4. The molecular weight excluding hydrogens is 252 g/mol. The van der Waals surface area contributed by atoms with Crippen molar-refractivity contribution in [2.75, 3.05) is 19.6 Å². The number of amides is 1. The molecule has 0 unspecified atom stereocenters. The smallest absolute Gasteiger partial charge is 0.407 e. The molecule has 1 N–H and O–H groups in total. The summed E-state index contributed by atoms with van der Waals surface area (Å²) < 4.78 is 0. The number of allylic oxidation sites excluding steroid dienone is 1. The van der Waals surface area contributed by atoms with Gasteiger partial charge in [-0.2, -0.15) is 0 Å². The normalized spacial score (nSPS) is 21.3. The van der Waals surface area contributed by atoms with Crippen LogP contribution in [0.1, 0.15) is 24.0 Å². The van der Waals surface area contributed by atoms with E-state index >= 15 is 0 Å². The molecule has 1 aromatic carbocycles. The summed E-state index contributed by atoms with van der Waals surface area (Å²) in [5.41, 5.74) is 2.70. The highest BCUT2D eigenvalue weighted by molar-refractivity contribution is 5.70. The van der Waals surface area contributed by atoms with Crippen molar-refractivity contribution in [3.8, 4) is 0 Å². The van der Waals surface area contributed by atoms with Crippen LogP contribution in [0, 0.1) is 0 Å². The fraction of sp³-hybridized carbons (Fsp3) is 0.375. The number of hydrogen-bond acceptors (Lipinski definition) is 2. The summed E-state index contributed by atoms with van der Waals surface area (Å²) in [6.07, 6.45) is 7.33. The first kappa shape index (κ1) is 11.7. The van der Waals surface area contributed by atoms with E-state index in [9.17, 15) is 4.79 Å². The van der Waals surface area contributed by atoms with Gasteiger partial charge in [-0.3, -0.25) is 4.99 Å². The van der Waals surface area contributed by atoms with E-state index in [2.05, 4.69) is 30.4 Å². The van der Waals surface area contributed by atoms with Crippen LogP contribution in [0.15, 0.2) is 23.2 Å². The zero-order chi connectivity index (χ0) is 13.7. The van der Waals surface area contributed by atoms with Gasteiger partial charge >= 0.3 is 6.09 Å². The minimum atomic E-state index is -0.804. The molecule has 1 amide bonds. The number of nitrogens with zero attached hydrogens (tertiary/aromatic N) is 2. The second kappa shape index (κ2) is 3.95. The second-order valence-electron chi connectivity index (χ2n) is 5.85. The molecule has 1 spiro atoms. The van der Waals surface area contributed by atoms with Crippen molar-refractivity contribution in [2.45, 2.75) is 18.3 Å². The summed E-state index contributed by atoms with van der Waals surface area (Å²) in [7, 11) is 0. The lowest BCUT2D eigenvalue weighted by Gasteiger charge is -2.38. The molecule has 2 heterocycles. The van der Waals surface area contributed by atoms with Crippen molar-refractivity contribution in [2.24, 2.45) is 4.99 Å². The molecule has 0 saturated carbocycles. The summed E-state index contributed by atoms with van der Waals surface area (Å²) in [5.74, 6) is 0. The number of carboxylic acid groups (broad SMARTS) is 1. The number of likely N-dealkylation sites (tertiary alicyclic amines) is 1. The van der Waals surface area contributed by atoms with Gasteiger partial charge in [-0.1, -0.05) is 24.3 Å². The first-order chi connectivity index (χ1) is 9.70. The van der Waals surface area contributed by atoms with E-state index in [1.807, 2.05) is 0 Å². The molecule has 0 bridgehead atoms. The van der Waals surface area contributed by atoms with Crippen molar-refractivity contribution in [3.63, 3.8) is 0 Å². The van der Waals surface area contributed by atoms with Crippen LogP contribution in [0.5, 0.6) is 0 Å². The number of benzene rings is 1. The van der Waals surface area contributed by atoms with E-state index in [1.54, 1.807) is 0 Å². The Bertz CT molecular complexity index is 740. The van der Waals surface area contributed by atoms with E-state index in [4.69, 9.17) is 10.1 Å². The van der Waals surface area contributed by atoms with Crippen molar-refractivity contribution >= 4 is 18.2 Å². The Labute approximate surface area is 116 Å². The zero-order valence-electron chi connectivity index (χ0n) is 11.2. The Balaban J connectivity index is 1.77. The van der Waals surface area contributed by atoms with E-state index in [0.717, 1.165) is 24.7 Å². The Morgan fingerprint density at radius 1 is 1.30 bits per heavy atom. The van der Waals surface area contributed by atoms with Gasteiger partial charge in [0.05, 0.1) is 5.36 Å². The molecule has 1 fully saturated rings. The number of carbonyl (C=O) groups is 1. The zero-order valence-corrected chi connectivity index (χ0v) is 11.2. The van der Waals surface area contributed by atoms with Gasteiger partial charge in [0, 0.05) is 25.0 Å². The average Bonchev–Trinajstić information content (AvgIpc) is 3.04. The van der Waals surface area contributed by atoms with Crippen LogP contribution in [-0.2, 0) is 5.41 Å². The van der Waals surface area contributed by atoms with Crippen LogP contribution in [-0.4, -0.2) is 35.7 Å². The summed E-state index contributed by atoms with van der Waals surface area (Å²) >= 11 is 0. The van der Waals surface area contributed by atoms with E-state index in [1.165, 1.54) is 21.2 Å². The van der Waals surface area contributed by atoms with E-state index < -0.39 is 6.09 Å². The molecular formula is C16H16N2O2. The third kappa shape index (κ3) is 1.48. The standard InChI is InChI=1S/C16H16N2O2/c19-15(20)18-8-6-16(7-9-18)10-17-13-5-4-11-2-1-3-12(11)14(13)16/h1-5H,6-10H2,(H,19,20). The maximum Gasteiger partial charge on any atom is 0.407 e. The topological polar surface area (TPSA) is 52.9 Å². The fourth-order valence-electron chi connectivity index (χ4n) is 3.74. The van der Waals surface area contributed by atoms with Crippen LogP contribution in [0.2, 0.25) is 0 Å². The van der Waals surface area contributed by atoms with Crippen LogP contribution >= 0.6 is 0 Å². The SMILES string of the molecule is O=C(O)N1CCC2(CC1)CN=c1ccc3c(c12)C=CC=3. The molecule has 1 aromatic rings. The molecule has 2 aliphatic heterocycles. The first-order valence-electron chi connectivity index (χ1n) is 7.04. The molecule has 4 rings (SSSR count). The third-order valence-electron chi connectivity index (χ3n) is 4.87. The van der Waals surface area contributed by atoms with Gasteiger partial charge in [0.1, 0.15) is 0 Å². The molecule has 0 aromatic heterocycles. The van der Waals surface area contributed by atoms with Gasteiger partial charge < -0.3 is 10.0 Å². The van der Waals surface area contributed by atoms with Gasteiger partial charge in [-0.25, -0.2) is 4.79 Å². The van der Waals surface area contributed by atoms with Crippen LogP contribution < -0.4 is 10.6 Å². The second-order valence-corrected chi connectivity index (χ2v) is 5.85. The van der Waals surface area contributed by atoms with Crippen molar-refractivity contribution < 1.29 is 9.90 Å². The minimum Gasteiger partial charge on any atom is -0.465 e. The third-order valence-corrected chi connectivity index (χ3v) is 4.87. The van der Waals surface area contributed by atoms with Gasteiger partial charge in [0.25, 0.3) is 0 Å². The highest BCUT2D eigenvalue weighted by atomic mass is 16.4. The summed E-state index contributed by atoms with van der Waals surface area (Å²) in [5, 5.41) is 11.5. The molecule has 102 valence electrons. The lowest BCUT2D eigenvalue weighted by Crippen LogP contribution is -2.46. The van der Waals surface area contributed by atoms with Gasteiger partial charge in [0.15, 0.2) is 0 Å². The molecule has 4 nitrogen and oxygen atoms in total. The Kier molecular flexibility index (Phi) is 2.31. The Hall–Kier alpha value is -2.10. The molecule has 0 radical (unpaired) electrons. The number of piperidine rings is 1. The average molecular weight is 268 g/mol. The molecule has 1 saturated heterocycles. The lowest BCUT2D eigenvalue weighted by molar-refractivity contribution is 0.118. The molecule has 3 aliphatic rings. The Morgan fingerprint density at radius 3 is 2.85 bits per heavy atom. The van der Waals surface area contributed by atoms with Crippen LogP contribution in [0.3, 0.4) is 0 Å². The monoisotopic (exact) mass is 268 g/mol. The van der Waals surface area contributed by atoms with Crippen molar-refractivity contribution in [1.29, 1.82) is 0 Å². The largest absolute Gasteiger partial charge is 0.465 e. The Morgan fingerprint density at radius 2 is 2.10 bits per heavy atom. The van der Waals surface area contributed by atoms with Gasteiger partial charge in [-0.05, 0) is 35.3 Å². The minimum absolute atomic E-state index is 0.0507. The predicted molar refractivity (Wildman–Crippen MR) is 76.1 cm³/mol. The maximum absolute atomic E-state index is 11.1. The van der Waals surface area contributed by atoms with Crippen LogP contribution in [0.4, 0.5) is 4.79 Å². The predicted octanol–water partition coefficient (Wildman–Crippen LogP) is 1.14. The lowest BCUT2D eigenvalue weighted by atomic mass is 9.72. The van der Waals surface area contributed by atoms with Crippen molar-refractivity contribution in [3.05, 3.63) is 39.9 Å². The highest BCUT2D eigenvalue weighted by Crippen LogP contribution is 2.38. The first-order valence-corrected chi connectivity index (χ1v) is 7.04. The van der Waals surface area contributed by atoms with Crippen molar-refractivity contribution in [1.82, 2.24) is 4.90 Å². The molecule has 4 heteroatoms. The number of rotatable bonds is 0. The molecule has 20 heavy (non-hydrogen) atoms. The van der Waals surface area contributed by atoms with Gasteiger partial charge in [-0.15, -0.1) is 0 Å². The summed E-state index contributed by atoms with van der Waals surface area (Å²) in [6.45, 7) is 2.03. The maximum atomic E-state index is 11.1. The van der Waals surface area contributed by atoms with Gasteiger partial charge in [0.2, 0.25) is 0 Å². The van der Waals surface area contributed by atoms with E-state index in [-0.39, 0.29) is 5.41 Å². The van der Waals surface area contributed by atoms with Crippen LogP contribution in [0.25, 0.3) is 12.2 Å². The molecule has 1 aliphatic carbocycles. The summed E-state index contributed by atoms with van der Waals surface area (Å²) in [4.78, 5) is 17.3. The number of hydrogen-bond donors (Lipinski definition) is 1.